The summed E-state index contributed by atoms with van der Waals surface area (Å²) in [5.41, 5.74) is 4.93. The van der Waals surface area contributed by atoms with Gasteiger partial charge in [0, 0.05) is 7.11 Å². The SMILES string of the molecule is CCC(C)(OC)c1nc(C(C)(N)COC2CCC2)no1. The highest BCUT2D eigenvalue weighted by molar-refractivity contribution is 5.05. The molecule has 0 aliphatic heterocycles. The van der Waals surface area contributed by atoms with Crippen LogP contribution in [0.15, 0.2) is 4.52 Å². The van der Waals surface area contributed by atoms with Crippen molar-refractivity contribution in [2.45, 2.75) is 63.7 Å². The molecule has 20 heavy (non-hydrogen) atoms. The molecule has 1 heterocycles. The average molecular weight is 283 g/mol. The third-order valence-electron chi connectivity index (χ3n) is 4.19. The molecule has 1 aromatic rings. The van der Waals surface area contributed by atoms with Crippen molar-refractivity contribution < 1.29 is 14.0 Å². The maximum Gasteiger partial charge on any atom is 0.258 e. The molecule has 0 aromatic carbocycles. The Morgan fingerprint density at radius 2 is 2.10 bits per heavy atom. The third-order valence-corrected chi connectivity index (χ3v) is 4.19. The molecular weight excluding hydrogens is 258 g/mol. The minimum Gasteiger partial charge on any atom is -0.376 e. The van der Waals surface area contributed by atoms with Crippen LogP contribution in [0.4, 0.5) is 0 Å². The lowest BCUT2D eigenvalue weighted by molar-refractivity contribution is -0.0272. The molecule has 0 saturated heterocycles. The van der Waals surface area contributed by atoms with E-state index in [1.165, 1.54) is 6.42 Å². The first-order valence-corrected chi connectivity index (χ1v) is 7.21. The van der Waals surface area contributed by atoms with Gasteiger partial charge in [-0.3, -0.25) is 0 Å². The van der Waals surface area contributed by atoms with E-state index in [2.05, 4.69) is 10.1 Å². The van der Waals surface area contributed by atoms with Crippen molar-refractivity contribution in [1.82, 2.24) is 10.1 Å². The van der Waals surface area contributed by atoms with Gasteiger partial charge in [-0.15, -0.1) is 0 Å². The topological polar surface area (TPSA) is 83.4 Å². The van der Waals surface area contributed by atoms with E-state index in [4.69, 9.17) is 19.7 Å². The van der Waals surface area contributed by atoms with E-state index < -0.39 is 11.1 Å². The second-order valence-electron chi connectivity index (χ2n) is 5.99. The maximum atomic E-state index is 6.25. The predicted molar refractivity (Wildman–Crippen MR) is 74.1 cm³/mol. The van der Waals surface area contributed by atoms with Gasteiger partial charge in [-0.2, -0.15) is 4.98 Å². The van der Waals surface area contributed by atoms with Crippen LogP contribution in [-0.4, -0.2) is 30.0 Å². The molecule has 0 bridgehead atoms. The summed E-state index contributed by atoms with van der Waals surface area (Å²) in [6, 6.07) is 0. The summed E-state index contributed by atoms with van der Waals surface area (Å²) in [5.74, 6) is 0.918. The molecule has 1 aliphatic carbocycles. The summed E-state index contributed by atoms with van der Waals surface area (Å²) in [6.45, 7) is 6.18. The second-order valence-corrected chi connectivity index (χ2v) is 5.99. The zero-order chi connectivity index (χ0) is 14.8. The molecule has 114 valence electrons. The summed E-state index contributed by atoms with van der Waals surface area (Å²) in [4.78, 5) is 4.41. The van der Waals surface area contributed by atoms with Crippen molar-refractivity contribution in [3.8, 4) is 0 Å². The number of hydrogen-bond donors (Lipinski definition) is 1. The van der Waals surface area contributed by atoms with E-state index in [0.29, 0.717) is 24.4 Å². The molecule has 0 spiro atoms. The standard InChI is InChI=1S/C14H25N3O3/c1-5-14(3,18-4)12-16-11(17-20-12)13(2,15)9-19-10-7-6-8-10/h10H,5-9,15H2,1-4H3. The highest BCUT2D eigenvalue weighted by Crippen LogP contribution is 2.29. The van der Waals surface area contributed by atoms with Crippen LogP contribution in [-0.2, 0) is 20.6 Å². The van der Waals surface area contributed by atoms with Gasteiger partial charge in [0.15, 0.2) is 5.82 Å². The Morgan fingerprint density at radius 3 is 2.60 bits per heavy atom. The van der Waals surface area contributed by atoms with Crippen LogP contribution >= 0.6 is 0 Å². The van der Waals surface area contributed by atoms with E-state index in [0.717, 1.165) is 19.3 Å². The maximum absolute atomic E-state index is 6.25. The molecule has 1 aliphatic rings. The van der Waals surface area contributed by atoms with Gasteiger partial charge in [-0.05, 0) is 39.5 Å². The van der Waals surface area contributed by atoms with Gasteiger partial charge < -0.3 is 19.7 Å². The van der Waals surface area contributed by atoms with Crippen LogP contribution in [0.5, 0.6) is 0 Å². The molecule has 6 nitrogen and oxygen atoms in total. The first kappa shape index (κ1) is 15.4. The second kappa shape index (κ2) is 5.79. The molecule has 1 aromatic heterocycles. The number of methoxy groups -OCH3 is 1. The summed E-state index contributed by atoms with van der Waals surface area (Å²) < 4.78 is 16.5. The lowest BCUT2D eigenvalue weighted by Crippen LogP contribution is -2.41. The summed E-state index contributed by atoms with van der Waals surface area (Å²) >= 11 is 0. The van der Waals surface area contributed by atoms with Gasteiger partial charge in [-0.1, -0.05) is 12.1 Å². The molecule has 2 N–H and O–H groups in total. The van der Waals surface area contributed by atoms with Gasteiger partial charge in [0.05, 0.1) is 12.7 Å². The quantitative estimate of drug-likeness (QED) is 0.825. The number of nitrogens with two attached hydrogens (primary N) is 1. The van der Waals surface area contributed by atoms with Crippen molar-refractivity contribution in [1.29, 1.82) is 0 Å². The first-order valence-electron chi connectivity index (χ1n) is 7.21. The largest absolute Gasteiger partial charge is 0.376 e. The van der Waals surface area contributed by atoms with Gasteiger partial charge in [0.1, 0.15) is 11.1 Å². The van der Waals surface area contributed by atoms with Gasteiger partial charge >= 0.3 is 0 Å². The van der Waals surface area contributed by atoms with Crippen LogP contribution in [0.3, 0.4) is 0 Å². The average Bonchev–Trinajstić information content (AvgIpc) is 2.86. The number of aromatic nitrogens is 2. The number of ether oxygens (including phenoxy) is 2. The molecule has 2 atom stereocenters. The summed E-state index contributed by atoms with van der Waals surface area (Å²) in [7, 11) is 1.63. The Labute approximate surface area is 120 Å². The number of nitrogens with zero attached hydrogens (tertiary/aromatic N) is 2. The fourth-order valence-electron chi connectivity index (χ4n) is 1.95. The Hall–Kier alpha value is -0.980. The minimum atomic E-state index is -0.750. The van der Waals surface area contributed by atoms with Crippen LogP contribution < -0.4 is 5.73 Å². The molecule has 2 rings (SSSR count). The zero-order valence-electron chi connectivity index (χ0n) is 12.8. The predicted octanol–water partition coefficient (Wildman–Crippen LogP) is 2.08. The van der Waals surface area contributed by atoms with Gasteiger partial charge in [-0.25, -0.2) is 0 Å². The van der Waals surface area contributed by atoms with Crippen molar-refractivity contribution in [2.24, 2.45) is 5.73 Å². The Morgan fingerprint density at radius 1 is 1.40 bits per heavy atom. The van der Waals surface area contributed by atoms with Gasteiger partial charge in [0.2, 0.25) is 0 Å². The number of rotatable bonds is 7. The van der Waals surface area contributed by atoms with Crippen molar-refractivity contribution >= 4 is 0 Å². The lowest BCUT2D eigenvalue weighted by atomic mass is 9.95. The van der Waals surface area contributed by atoms with Crippen LogP contribution in [0.1, 0.15) is 58.2 Å². The van der Waals surface area contributed by atoms with E-state index in [1.807, 2.05) is 20.8 Å². The molecule has 2 unspecified atom stereocenters. The van der Waals surface area contributed by atoms with E-state index in [-0.39, 0.29) is 0 Å². The highest BCUT2D eigenvalue weighted by Gasteiger charge is 2.35. The highest BCUT2D eigenvalue weighted by atomic mass is 16.5. The zero-order valence-corrected chi connectivity index (χ0v) is 12.8. The monoisotopic (exact) mass is 283 g/mol. The Balaban J connectivity index is 2.05. The van der Waals surface area contributed by atoms with Gasteiger partial charge in [0.25, 0.3) is 5.89 Å². The van der Waals surface area contributed by atoms with E-state index in [1.54, 1.807) is 7.11 Å². The molecule has 0 radical (unpaired) electrons. The fraction of sp³-hybridized carbons (Fsp3) is 0.857. The molecule has 6 heteroatoms. The molecule has 1 saturated carbocycles. The van der Waals surface area contributed by atoms with Crippen molar-refractivity contribution in [3.63, 3.8) is 0 Å². The molecular formula is C14H25N3O3. The minimum absolute atomic E-state index is 0.337. The van der Waals surface area contributed by atoms with Crippen LogP contribution in [0.25, 0.3) is 0 Å². The lowest BCUT2D eigenvalue weighted by Gasteiger charge is -2.29. The molecule has 0 amide bonds. The fourth-order valence-corrected chi connectivity index (χ4v) is 1.95. The van der Waals surface area contributed by atoms with Crippen LogP contribution in [0, 0.1) is 0 Å². The Kier molecular flexibility index (Phi) is 4.46. The first-order chi connectivity index (χ1) is 9.41. The van der Waals surface area contributed by atoms with Crippen molar-refractivity contribution in [3.05, 3.63) is 11.7 Å². The summed E-state index contributed by atoms with van der Waals surface area (Å²) in [5, 5.41) is 4.00. The summed E-state index contributed by atoms with van der Waals surface area (Å²) in [6.07, 6.45) is 4.55. The third kappa shape index (κ3) is 3.02. The number of hydrogen-bond acceptors (Lipinski definition) is 6. The molecule has 1 fully saturated rings. The van der Waals surface area contributed by atoms with E-state index in [9.17, 15) is 0 Å². The smallest absolute Gasteiger partial charge is 0.258 e. The Bertz CT molecular complexity index is 437. The van der Waals surface area contributed by atoms with Crippen LogP contribution in [0.2, 0.25) is 0 Å². The van der Waals surface area contributed by atoms with E-state index >= 15 is 0 Å². The normalized spacial score (nSPS) is 22.1. The van der Waals surface area contributed by atoms with Crippen molar-refractivity contribution in [2.75, 3.05) is 13.7 Å².